The van der Waals surface area contributed by atoms with Gasteiger partial charge < -0.3 is 33.8 Å². The highest BCUT2D eigenvalue weighted by Crippen LogP contribution is 2.45. The highest BCUT2D eigenvalue weighted by atomic mass is 31.2. The van der Waals surface area contributed by atoms with Crippen molar-refractivity contribution in [1.29, 1.82) is 0 Å². The summed E-state index contributed by atoms with van der Waals surface area (Å²) in [5.41, 5.74) is 0. The highest BCUT2D eigenvalue weighted by Gasteiger charge is 2.30. The van der Waals surface area contributed by atoms with Crippen LogP contribution in [0.1, 0.15) is 381 Å². The van der Waals surface area contributed by atoms with Gasteiger partial charge in [-0.05, 0) is 31.6 Å². The molecule has 17 nitrogen and oxygen atoms in total. The van der Waals surface area contributed by atoms with E-state index in [4.69, 9.17) is 37.0 Å². The smallest absolute Gasteiger partial charge is 0.462 e. The monoisotopic (exact) mass is 1350 g/mol. The Morgan fingerprint density at radius 1 is 0.304 bits per heavy atom. The Labute approximate surface area is 562 Å². The Balaban J connectivity index is 5.20. The summed E-state index contributed by atoms with van der Waals surface area (Å²) in [5, 5.41) is 10.6. The summed E-state index contributed by atoms with van der Waals surface area (Å²) < 4.78 is 68.3. The molecule has 0 aromatic rings. The number of ether oxygens (including phenoxy) is 4. The Morgan fingerprint density at radius 3 is 0.772 bits per heavy atom. The van der Waals surface area contributed by atoms with E-state index in [2.05, 4.69) is 34.6 Å². The lowest BCUT2D eigenvalue weighted by atomic mass is 9.99. The minimum atomic E-state index is -4.95. The first-order valence-corrected chi connectivity index (χ1v) is 41.2. The molecule has 546 valence electrons. The number of rotatable bonds is 73. The number of aliphatic hydroxyl groups is 1. The van der Waals surface area contributed by atoms with Crippen molar-refractivity contribution >= 4 is 39.5 Å². The molecule has 0 saturated carbocycles. The van der Waals surface area contributed by atoms with Crippen molar-refractivity contribution in [1.82, 2.24) is 0 Å². The number of esters is 4. The molecule has 0 aromatic carbocycles. The molecule has 3 unspecified atom stereocenters. The maximum absolute atomic E-state index is 13.1. The fourth-order valence-electron chi connectivity index (χ4n) is 11.1. The average Bonchev–Trinajstić information content (AvgIpc) is 3.27. The van der Waals surface area contributed by atoms with E-state index >= 15 is 0 Å². The van der Waals surface area contributed by atoms with Gasteiger partial charge in [0.05, 0.1) is 26.4 Å². The third-order valence-corrected chi connectivity index (χ3v) is 19.3. The zero-order valence-corrected chi connectivity index (χ0v) is 61.5. The van der Waals surface area contributed by atoms with E-state index in [1.807, 2.05) is 0 Å². The molecule has 0 fully saturated rings. The zero-order valence-electron chi connectivity index (χ0n) is 59.7. The van der Waals surface area contributed by atoms with Crippen LogP contribution in [0.15, 0.2) is 0 Å². The molecular weight excluding hydrogens is 1210 g/mol. The number of carbonyl (C=O) groups is 4. The van der Waals surface area contributed by atoms with E-state index < -0.39 is 97.5 Å². The fraction of sp³-hybridized carbons (Fsp3) is 0.945. The van der Waals surface area contributed by atoms with Crippen molar-refractivity contribution in [2.45, 2.75) is 400 Å². The van der Waals surface area contributed by atoms with Gasteiger partial charge >= 0.3 is 39.5 Å². The van der Waals surface area contributed by atoms with Crippen molar-refractivity contribution in [2.24, 2.45) is 5.92 Å². The first-order chi connectivity index (χ1) is 44.6. The quantitative estimate of drug-likeness (QED) is 0.0222. The third-order valence-electron chi connectivity index (χ3n) is 17.4. The van der Waals surface area contributed by atoms with Crippen LogP contribution in [0.5, 0.6) is 0 Å². The van der Waals surface area contributed by atoms with Gasteiger partial charge in [0.1, 0.15) is 19.3 Å². The standard InChI is InChI=1S/C73H142O17P2/c1-6-10-13-16-19-22-24-25-26-27-28-29-30-31-32-39-44-49-54-59-73(78)90-69(63-84-71(76)57-52-47-42-38-34-33-36-40-45-50-55-66(5)9-4)65-88-92(81,82)86-61-67(74)60-85-91(79,80)87-64-68(62-83-70(75)56-51-46-41-35-21-18-15-12-8-3)89-72(77)58-53-48-43-37-23-20-17-14-11-7-2/h66-69,74H,6-65H2,1-5H3,(H,79,80)(H,81,82)/t66?,67-,68+,69+/m0/s1. The third kappa shape index (κ3) is 65.4. The Hall–Kier alpha value is -1.94. The first kappa shape index (κ1) is 90.1. The molecule has 92 heavy (non-hydrogen) atoms. The number of unbranched alkanes of at least 4 members (excludes halogenated alkanes) is 44. The summed E-state index contributed by atoms with van der Waals surface area (Å²) >= 11 is 0. The van der Waals surface area contributed by atoms with E-state index in [-0.39, 0.29) is 25.7 Å². The van der Waals surface area contributed by atoms with Crippen LogP contribution in [0, 0.1) is 5.92 Å². The molecule has 0 aliphatic carbocycles. The largest absolute Gasteiger partial charge is 0.472 e. The molecule has 6 atom stereocenters. The van der Waals surface area contributed by atoms with Crippen molar-refractivity contribution in [3.8, 4) is 0 Å². The fourth-order valence-corrected chi connectivity index (χ4v) is 12.7. The molecule has 0 rings (SSSR count). The van der Waals surface area contributed by atoms with Crippen molar-refractivity contribution in [3.63, 3.8) is 0 Å². The molecule has 0 aliphatic heterocycles. The summed E-state index contributed by atoms with van der Waals surface area (Å²) in [7, 11) is -9.90. The molecule has 0 aromatic heterocycles. The zero-order chi connectivity index (χ0) is 67.7. The summed E-state index contributed by atoms with van der Waals surface area (Å²) in [6, 6.07) is 0. The van der Waals surface area contributed by atoms with Gasteiger partial charge in [-0.1, -0.05) is 330 Å². The van der Waals surface area contributed by atoms with Crippen LogP contribution in [0.2, 0.25) is 0 Å². The van der Waals surface area contributed by atoms with Crippen molar-refractivity contribution in [3.05, 3.63) is 0 Å². The Morgan fingerprint density at radius 2 is 0.522 bits per heavy atom. The molecule has 3 N–H and O–H groups in total. The van der Waals surface area contributed by atoms with E-state index in [9.17, 15) is 43.2 Å². The minimum Gasteiger partial charge on any atom is -0.462 e. The molecule has 0 spiro atoms. The van der Waals surface area contributed by atoms with Gasteiger partial charge in [-0.2, -0.15) is 0 Å². The molecule has 0 heterocycles. The first-order valence-electron chi connectivity index (χ1n) is 38.2. The number of carbonyl (C=O) groups excluding carboxylic acids is 4. The van der Waals surface area contributed by atoms with Crippen LogP contribution >= 0.6 is 15.6 Å². The SMILES string of the molecule is CCCCCCCCCCCCCCCCCCCCCC(=O)O[C@H](COC(=O)CCCCCCCCCCCCC(C)CC)COP(=O)(O)OC[C@@H](O)COP(=O)(O)OC[C@@H](COC(=O)CCCCCCCCCCC)OC(=O)CCCCCCCCCCCC. The highest BCUT2D eigenvalue weighted by molar-refractivity contribution is 7.47. The van der Waals surface area contributed by atoms with Gasteiger partial charge in [-0.3, -0.25) is 37.3 Å². The van der Waals surface area contributed by atoms with E-state index in [1.165, 1.54) is 205 Å². The van der Waals surface area contributed by atoms with Gasteiger partial charge in [0.15, 0.2) is 12.2 Å². The van der Waals surface area contributed by atoms with Crippen LogP contribution < -0.4 is 0 Å². The second-order valence-corrected chi connectivity index (χ2v) is 29.5. The number of aliphatic hydroxyl groups excluding tert-OH is 1. The van der Waals surface area contributed by atoms with Crippen LogP contribution in [0.3, 0.4) is 0 Å². The topological polar surface area (TPSA) is 237 Å². The molecule has 0 saturated heterocycles. The second-order valence-electron chi connectivity index (χ2n) is 26.6. The molecule has 19 heteroatoms. The van der Waals surface area contributed by atoms with Gasteiger partial charge in [-0.25, -0.2) is 9.13 Å². The second kappa shape index (κ2) is 66.3. The molecule has 0 bridgehead atoms. The van der Waals surface area contributed by atoms with E-state index in [0.717, 1.165) is 95.8 Å². The predicted molar refractivity (Wildman–Crippen MR) is 372 cm³/mol. The lowest BCUT2D eigenvalue weighted by Gasteiger charge is -2.21. The van der Waals surface area contributed by atoms with Crippen molar-refractivity contribution < 1.29 is 80.2 Å². The maximum Gasteiger partial charge on any atom is 0.472 e. The maximum atomic E-state index is 13.1. The molecule has 0 aliphatic rings. The average molecular weight is 1350 g/mol. The Bertz CT molecular complexity index is 1770. The minimum absolute atomic E-state index is 0.107. The van der Waals surface area contributed by atoms with Gasteiger partial charge in [-0.15, -0.1) is 0 Å². The van der Waals surface area contributed by atoms with Crippen LogP contribution in [0.4, 0.5) is 0 Å². The summed E-state index contributed by atoms with van der Waals surface area (Å²) in [4.78, 5) is 72.6. The molecular formula is C73H142O17P2. The van der Waals surface area contributed by atoms with Crippen LogP contribution in [0.25, 0.3) is 0 Å². The molecule has 0 amide bonds. The van der Waals surface area contributed by atoms with Gasteiger partial charge in [0.25, 0.3) is 0 Å². The predicted octanol–water partition coefficient (Wildman–Crippen LogP) is 21.3. The summed E-state index contributed by atoms with van der Waals surface area (Å²) in [5.74, 6) is -1.31. The lowest BCUT2D eigenvalue weighted by molar-refractivity contribution is -0.161. The normalized spacial score (nSPS) is 14.3. The number of phosphoric acid groups is 2. The van der Waals surface area contributed by atoms with Crippen LogP contribution in [-0.2, 0) is 65.4 Å². The summed E-state index contributed by atoms with van der Waals surface area (Å²) in [6.45, 7) is 7.27. The van der Waals surface area contributed by atoms with Gasteiger partial charge in [0.2, 0.25) is 0 Å². The number of hydrogen-bond acceptors (Lipinski definition) is 15. The Kier molecular flexibility index (Phi) is 64.9. The van der Waals surface area contributed by atoms with E-state index in [1.54, 1.807) is 0 Å². The lowest BCUT2D eigenvalue weighted by Crippen LogP contribution is -2.30. The van der Waals surface area contributed by atoms with E-state index in [0.29, 0.717) is 25.7 Å². The molecule has 0 radical (unpaired) electrons. The van der Waals surface area contributed by atoms with Gasteiger partial charge in [0, 0.05) is 25.7 Å². The summed E-state index contributed by atoms with van der Waals surface area (Å²) in [6.07, 6.45) is 54.0. The number of phosphoric ester groups is 2. The van der Waals surface area contributed by atoms with Crippen LogP contribution in [-0.4, -0.2) is 96.7 Å². The van der Waals surface area contributed by atoms with Crippen molar-refractivity contribution in [2.75, 3.05) is 39.6 Å². The number of hydrogen-bond donors (Lipinski definition) is 3.